The quantitative estimate of drug-likeness (QED) is 0.193. The molecule has 1 aliphatic rings. The summed E-state index contributed by atoms with van der Waals surface area (Å²) in [5, 5.41) is 0. The normalized spacial score (nSPS) is 17.8. The second-order valence-electron chi connectivity index (χ2n) is 11.3. The molecular formula is C34H53NO. The van der Waals surface area contributed by atoms with Crippen LogP contribution in [0.15, 0.2) is 42.6 Å². The summed E-state index contributed by atoms with van der Waals surface area (Å²) in [7, 11) is 0. The van der Waals surface area contributed by atoms with Gasteiger partial charge in [-0.3, -0.25) is 4.98 Å². The van der Waals surface area contributed by atoms with Gasteiger partial charge in [-0.2, -0.15) is 0 Å². The minimum atomic E-state index is 0.728. The molecule has 0 N–H and O–H groups in total. The molecule has 1 aromatic carbocycles. The zero-order chi connectivity index (χ0) is 25.3. The summed E-state index contributed by atoms with van der Waals surface area (Å²) in [6.45, 7) is 5.45. The van der Waals surface area contributed by atoms with E-state index >= 15 is 0 Å². The number of hydrogen-bond donors (Lipinski definition) is 0. The summed E-state index contributed by atoms with van der Waals surface area (Å²) >= 11 is 0. The number of hydrogen-bond acceptors (Lipinski definition) is 2. The van der Waals surface area contributed by atoms with Crippen LogP contribution in [0.3, 0.4) is 0 Å². The van der Waals surface area contributed by atoms with Gasteiger partial charge in [0.25, 0.3) is 0 Å². The Morgan fingerprint density at radius 3 is 1.92 bits per heavy atom. The Morgan fingerprint density at radius 2 is 1.28 bits per heavy atom. The van der Waals surface area contributed by atoms with Crippen molar-refractivity contribution in [2.24, 2.45) is 11.8 Å². The first kappa shape index (κ1) is 28.7. The monoisotopic (exact) mass is 491 g/mol. The first-order valence-electron chi connectivity index (χ1n) is 15.5. The van der Waals surface area contributed by atoms with Gasteiger partial charge in [-0.1, -0.05) is 110 Å². The minimum Gasteiger partial charge on any atom is -0.493 e. The van der Waals surface area contributed by atoms with Crippen LogP contribution in [-0.4, -0.2) is 11.6 Å². The highest BCUT2D eigenvalue weighted by Gasteiger charge is 2.21. The number of benzene rings is 1. The first-order chi connectivity index (χ1) is 17.8. The van der Waals surface area contributed by atoms with Gasteiger partial charge in [0.05, 0.1) is 12.3 Å². The van der Waals surface area contributed by atoms with Gasteiger partial charge in [0.15, 0.2) is 0 Å². The van der Waals surface area contributed by atoms with E-state index in [1.54, 1.807) is 0 Å². The molecule has 0 unspecified atom stereocenters. The lowest BCUT2D eigenvalue weighted by Crippen LogP contribution is -2.20. The van der Waals surface area contributed by atoms with E-state index in [0.29, 0.717) is 0 Å². The zero-order valence-electron chi connectivity index (χ0n) is 23.5. The predicted molar refractivity (Wildman–Crippen MR) is 156 cm³/mol. The Morgan fingerprint density at radius 1 is 0.667 bits per heavy atom. The number of unbranched alkanes of at least 4 members (excludes halogenated alkanes) is 10. The fraction of sp³-hybridized carbons (Fsp3) is 0.676. The van der Waals surface area contributed by atoms with Crippen molar-refractivity contribution in [2.45, 2.75) is 129 Å². The van der Waals surface area contributed by atoms with Crippen molar-refractivity contribution >= 4 is 0 Å². The fourth-order valence-corrected chi connectivity index (χ4v) is 5.69. The highest BCUT2D eigenvalue weighted by atomic mass is 16.5. The standard InChI is InChI=1S/C34H53NO/c1-3-5-7-9-10-12-14-16-30-21-26-34(35-27-30)32-22-24-33(25-23-32)36-28-31-19-17-29(18-20-31)15-13-11-8-6-4-2/h21-27,29,31H,3-20,28H2,1-2H3. The fourth-order valence-electron chi connectivity index (χ4n) is 5.69. The van der Waals surface area contributed by atoms with E-state index in [1.165, 1.54) is 120 Å². The van der Waals surface area contributed by atoms with Gasteiger partial charge in [0, 0.05) is 11.8 Å². The summed E-state index contributed by atoms with van der Waals surface area (Å²) in [6.07, 6.45) is 26.7. The number of rotatable bonds is 18. The Labute approximate surface area is 222 Å². The molecule has 2 nitrogen and oxygen atoms in total. The molecule has 0 spiro atoms. The average molecular weight is 492 g/mol. The summed E-state index contributed by atoms with van der Waals surface area (Å²) in [5.74, 6) is 2.69. The largest absolute Gasteiger partial charge is 0.493 e. The lowest BCUT2D eigenvalue weighted by molar-refractivity contribution is 0.177. The van der Waals surface area contributed by atoms with Crippen molar-refractivity contribution in [1.82, 2.24) is 4.98 Å². The lowest BCUT2D eigenvalue weighted by Gasteiger charge is -2.28. The van der Waals surface area contributed by atoms with Crippen molar-refractivity contribution in [3.63, 3.8) is 0 Å². The highest BCUT2D eigenvalue weighted by molar-refractivity contribution is 5.60. The maximum absolute atomic E-state index is 6.18. The Bertz CT molecular complexity index is 789. The van der Waals surface area contributed by atoms with Crippen LogP contribution in [0.4, 0.5) is 0 Å². The van der Waals surface area contributed by atoms with Gasteiger partial charge >= 0.3 is 0 Å². The summed E-state index contributed by atoms with van der Waals surface area (Å²) in [6, 6.07) is 13.0. The topological polar surface area (TPSA) is 22.1 Å². The third-order valence-corrected chi connectivity index (χ3v) is 8.21. The third kappa shape index (κ3) is 11.1. The molecule has 0 amide bonds. The van der Waals surface area contributed by atoms with Crippen LogP contribution >= 0.6 is 0 Å². The number of aromatic nitrogens is 1. The van der Waals surface area contributed by atoms with Crippen LogP contribution in [0.2, 0.25) is 0 Å². The zero-order valence-corrected chi connectivity index (χ0v) is 23.5. The van der Waals surface area contributed by atoms with Crippen molar-refractivity contribution in [2.75, 3.05) is 6.61 Å². The molecule has 2 aromatic rings. The van der Waals surface area contributed by atoms with Crippen LogP contribution in [0, 0.1) is 11.8 Å². The van der Waals surface area contributed by atoms with Gasteiger partial charge in [0.2, 0.25) is 0 Å². The predicted octanol–water partition coefficient (Wildman–Crippen LogP) is 10.6. The molecule has 1 fully saturated rings. The van der Waals surface area contributed by atoms with E-state index in [4.69, 9.17) is 9.72 Å². The second-order valence-corrected chi connectivity index (χ2v) is 11.3. The highest BCUT2D eigenvalue weighted by Crippen LogP contribution is 2.32. The van der Waals surface area contributed by atoms with Gasteiger partial charge in [-0.05, 0) is 73.4 Å². The molecule has 0 bridgehead atoms. The molecule has 1 aromatic heterocycles. The van der Waals surface area contributed by atoms with Crippen LogP contribution in [0.25, 0.3) is 11.3 Å². The lowest BCUT2D eigenvalue weighted by atomic mass is 9.80. The molecular weight excluding hydrogens is 438 g/mol. The van der Waals surface area contributed by atoms with E-state index in [9.17, 15) is 0 Å². The molecule has 1 aliphatic carbocycles. The first-order valence-corrected chi connectivity index (χ1v) is 15.5. The molecule has 0 aliphatic heterocycles. The van der Waals surface area contributed by atoms with Crippen molar-refractivity contribution < 1.29 is 4.74 Å². The second kappa shape index (κ2) is 17.6. The Balaban J connectivity index is 1.31. The number of pyridine rings is 1. The van der Waals surface area contributed by atoms with E-state index in [2.05, 4.69) is 56.4 Å². The van der Waals surface area contributed by atoms with Gasteiger partial charge in [0.1, 0.15) is 5.75 Å². The van der Waals surface area contributed by atoms with Crippen LogP contribution in [0.1, 0.15) is 129 Å². The molecule has 200 valence electrons. The Kier molecular flexibility index (Phi) is 14.0. The molecule has 0 saturated heterocycles. The van der Waals surface area contributed by atoms with E-state index < -0.39 is 0 Å². The van der Waals surface area contributed by atoms with Gasteiger partial charge in [-0.25, -0.2) is 0 Å². The van der Waals surface area contributed by atoms with Crippen molar-refractivity contribution in [3.05, 3.63) is 48.2 Å². The summed E-state index contributed by atoms with van der Waals surface area (Å²) < 4.78 is 6.18. The molecule has 1 heterocycles. The SMILES string of the molecule is CCCCCCCCCc1ccc(-c2ccc(OCC3CCC(CCCCCCC)CC3)cc2)nc1. The van der Waals surface area contributed by atoms with Crippen LogP contribution in [-0.2, 0) is 6.42 Å². The molecule has 3 rings (SSSR count). The van der Waals surface area contributed by atoms with Crippen molar-refractivity contribution in [1.29, 1.82) is 0 Å². The molecule has 0 atom stereocenters. The maximum Gasteiger partial charge on any atom is 0.119 e. The molecule has 0 radical (unpaired) electrons. The average Bonchev–Trinajstić information content (AvgIpc) is 2.93. The third-order valence-electron chi connectivity index (χ3n) is 8.21. The number of nitrogens with zero attached hydrogens (tertiary/aromatic N) is 1. The molecule has 1 saturated carbocycles. The smallest absolute Gasteiger partial charge is 0.119 e. The Hall–Kier alpha value is -1.83. The molecule has 2 heteroatoms. The van der Waals surface area contributed by atoms with Gasteiger partial charge < -0.3 is 4.74 Å². The van der Waals surface area contributed by atoms with Gasteiger partial charge in [-0.15, -0.1) is 0 Å². The number of ether oxygens (including phenoxy) is 1. The van der Waals surface area contributed by atoms with Crippen LogP contribution < -0.4 is 4.74 Å². The van der Waals surface area contributed by atoms with E-state index in [1.807, 2.05) is 0 Å². The van der Waals surface area contributed by atoms with E-state index in [-0.39, 0.29) is 0 Å². The summed E-state index contributed by atoms with van der Waals surface area (Å²) in [5.41, 5.74) is 3.58. The maximum atomic E-state index is 6.18. The van der Waals surface area contributed by atoms with Crippen LogP contribution in [0.5, 0.6) is 5.75 Å². The summed E-state index contributed by atoms with van der Waals surface area (Å²) in [4.78, 5) is 4.74. The molecule has 36 heavy (non-hydrogen) atoms. The van der Waals surface area contributed by atoms with Crippen molar-refractivity contribution in [3.8, 4) is 17.0 Å². The number of aryl methyl sites for hydroxylation is 1. The minimum absolute atomic E-state index is 0.728. The van der Waals surface area contributed by atoms with E-state index in [0.717, 1.165) is 36.3 Å².